The number of nitrogens with one attached hydrogen (secondary N) is 1. The molecule has 2 saturated carbocycles. The van der Waals surface area contributed by atoms with Gasteiger partial charge in [0, 0.05) is 29.8 Å². The number of imidazole rings is 1. The zero-order chi connectivity index (χ0) is 14.1. The smallest absolute Gasteiger partial charge is 0.0991 e. The molecule has 2 unspecified atom stereocenters. The average Bonchev–Trinajstić information content (AvgIpc) is 3.23. The number of nitrogens with zero attached hydrogens (tertiary/aromatic N) is 2. The summed E-state index contributed by atoms with van der Waals surface area (Å²) in [4.78, 5) is 4.12. The summed E-state index contributed by atoms with van der Waals surface area (Å²) in [6, 6.07) is 9.31. The molecule has 3 nitrogen and oxygen atoms in total. The van der Waals surface area contributed by atoms with Gasteiger partial charge >= 0.3 is 0 Å². The van der Waals surface area contributed by atoms with Crippen LogP contribution in [0.3, 0.4) is 0 Å². The van der Waals surface area contributed by atoms with Crippen molar-refractivity contribution in [3.8, 4) is 5.69 Å². The lowest BCUT2D eigenvalue weighted by Gasteiger charge is -2.30. The highest BCUT2D eigenvalue weighted by molar-refractivity contribution is 5.51. The Morgan fingerprint density at radius 1 is 1.10 bits per heavy atom. The van der Waals surface area contributed by atoms with E-state index in [9.17, 15) is 0 Å². The van der Waals surface area contributed by atoms with Gasteiger partial charge in [-0.2, -0.15) is 0 Å². The molecule has 1 aromatic heterocycles. The summed E-state index contributed by atoms with van der Waals surface area (Å²) in [6.07, 6.45) is 14.1. The van der Waals surface area contributed by atoms with Crippen LogP contribution in [0.25, 0.3) is 5.69 Å². The van der Waals surface area contributed by atoms with Crippen molar-refractivity contribution in [3.05, 3.63) is 43.0 Å². The van der Waals surface area contributed by atoms with Gasteiger partial charge in [0.2, 0.25) is 0 Å². The summed E-state index contributed by atoms with van der Waals surface area (Å²) < 4.78 is 2.05. The lowest BCUT2D eigenvalue weighted by Crippen LogP contribution is -2.28. The van der Waals surface area contributed by atoms with Crippen LogP contribution in [0.5, 0.6) is 0 Å². The van der Waals surface area contributed by atoms with Crippen molar-refractivity contribution in [1.82, 2.24) is 9.55 Å². The second-order valence-electron chi connectivity index (χ2n) is 6.63. The molecule has 2 aliphatic carbocycles. The quantitative estimate of drug-likeness (QED) is 0.907. The van der Waals surface area contributed by atoms with Crippen LogP contribution in [-0.2, 0) is 0 Å². The summed E-state index contributed by atoms with van der Waals surface area (Å²) in [5.41, 5.74) is 2.41. The first-order chi connectivity index (χ1) is 10.4. The van der Waals surface area contributed by atoms with Crippen LogP contribution in [0.1, 0.15) is 38.5 Å². The molecule has 3 heteroatoms. The van der Waals surface area contributed by atoms with Gasteiger partial charge in [-0.25, -0.2) is 4.98 Å². The van der Waals surface area contributed by atoms with E-state index in [1.54, 1.807) is 0 Å². The van der Waals surface area contributed by atoms with E-state index < -0.39 is 0 Å². The summed E-state index contributed by atoms with van der Waals surface area (Å²) in [5.74, 6) is 2.03. The van der Waals surface area contributed by atoms with Crippen LogP contribution < -0.4 is 5.32 Å². The average molecular weight is 281 g/mol. The molecule has 1 aromatic carbocycles. The van der Waals surface area contributed by atoms with Crippen LogP contribution in [0.15, 0.2) is 43.0 Å². The van der Waals surface area contributed by atoms with Gasteiger partial charge in [0.25, 0.3) is 0 Å². The Kier molecular flexibility index (Phi) is 3.42. The molecule has 2 aliphatic rings. The van der Waals surface area contributed by atoms with Crippen molar-refractivity contribution in [2.45, 2.75) is 44.6 Å². The summed E-state index contributed by atoms with van der Waals surface area (Å²) in [6.45, 7) is 0. The molecule has 2 atom stereocenters. The fourth-order valence-electron chi connectivity index (χ4n) is 3.76. The molecule has 2 aromatic rings. The minimum atomic E-state index is 0.655. The molecule has 0 amide bonds. The summed E-state index contributed by atoms with van der Waals surface area (Å²) >= 11 is 0. The molecule has 1 heterocycles. The van der Waals surface area contributed by atoms with Gasteiger partial charge < -0.3 is 9.88 Å². The van der Waals surface area contributed by atoms with E-state index in [4.69, 9.17) is 0 Å². The van der Waals surface area contributed by atoms with Crippen molar-refractivity contribution in [3.63, 3.8) is 0 Å². The number of hydrogen-bond donors (Lipinski definition) is 1. The maximum absolute atomic E-state index is 4.12. The molecule has 0 bridgehead atoms. The predicted octanol–water partition coefficient (Wildman–Crippen LogP) is 4.25. The SMILES string of the molecule is c1cc(NC2CCCC(C3CC3)C2)cc(-n2ccnc2)c1. The minimum absolute atomic E-state index is 0.655. The molecule has 0 spiro atoms. The minimum Gasteiger partial charge on any atom is -0.382 e. The third-order valence-corrected chi connectivity index (χ3v) is 5.02. The Bertz CT molecular complexity index is 586. The highest BCUT2D eigenvalue weighted by Gasteiger charge is 2.34. The number of aromatic nitrogens is 2. The lowest BCUT2D eigenvalue weighted by atomic mass is 9.82. The topological polar surface area (TPSA) is 29.9 Å². The van der Waals surface area contributed by atoms with E-state index in [-0.39, 0.29) is 0 Å². The van der Waals surface area contributed by atoms with Gasteiger partial charge in [-0.1, -0.05) is 18.9 Å². The molecule has 1 N–H and O–H groups in total. The third-order valence-electron chi connectivity index (χ3n) is 5.02. The third kappa shape index (κ3) is 2.97. The Morgan fingerprint density at radius 3 is 2.86 bits per heavy atom. The molecule has 4 rings (SSSR count). The van der Waals surface area contributed by atoms with E-state index >= 15 is 0 Å². The van der Waals surface area contributed by atoms with Gasteiger partial charge in [-0.3, -0.25) is 0 Å². The molecule has 0 saturated heterocycles. The number of rotatable bonds is 4. The van der Waals surface area contributed by atoms with Crippen LogP contribution in [-0.4, -0.2) is 15.6 Å². The fourth-order valence-corrected chi connectivity index (χ4v) is 3.76. The monoisotopic (exact) mass is 281 g/mol. The van der Waals surface area contributed by atoms with Crippen molar-refractivity contribution in [1.29, 1.82) is 0 Å². The van der Waals surface area contributed by atoms with Crippen molar-refractivity contribution in [2.24, 2.45) is 11.8 Å². The number of hydrogen-bond acceptors (Lipinski definition) is 2. The van der Waals surface area contributed by atoms with E-state index in [0.29, 0.717) is 6.04 Å². The van der Waals surface area contributed by atoms with E-state index in [0.717, 1.165) is 11.8 Å². The van der Waals surface area contributed by atoms with E-state index in [1.807, 2.05) is 18.7 Å². The van der Waals surface area contributed by atoms with Crippen LogP contribution in [0, 0.1) is 11.8 Å². The first-order valence-corrected chi connectivity index (χ1v) is 8.23. The van der Waals surface area contributed by atoms with Gasteiger partial charge in [-0.05, 0) is 55.7 Å². The molecule has 2 fully saturated rings. The maximum Gasteiger partial charge on any atom is 0.0991 e. The first kappa shape index (κ1) is 12.9. The first-order valence-electron chi connectivity index (χ1n) is 8.23. The number of benzene rings is 1. The highest BCUT2D eigenvalue weighted by atomic mass is 15.0. The highest BCUT2D eigenvalue weighted by Crippen LogP contribution is 2.44. The van der Waals surface area contributed by atoms with Gasteiger partial charge in [-0.15, -0.1) is 0 Å². The van der Waals surface area contributed by atoms with Crippen LogP contribution in [0.4, 0.5) is 5.69 Å². The predicted molar refractivity (Wildman–Crippen MR) is 85.7 cm³/mol. The Morgan fingerprint density at radius 2 is 2.05 bits per heavy atom. The van der Waals surface area contributed by atoms with Crippen LogP contribution >= 0.6 is 0 Å². The van der Waals surface area contributed by atoms with Gasteiger partial charge in [0.15, 0.2) is 0 Å². The van der Waals surface area contributed by atoms with Crippen molar-refractivity contribution < 1.29 is 0 Å². The zero-order valence-electron chi connectivity index (χ0n) is 12.4. The fraction of sp³-hybridized carbons (Fsp3) is 0.500. The van der Waals surface area contributed by atoms with Crippen molar-refractivity contribution >= 4 is 5.69 Å². The molecule has 21 heavy (non-hydrogen) atoms. The van der Waals surface area contributed by atoms with Gasteiger partial charge in [0.1, 0.15) is 0 Å². The van der Waals surface area contributed by atoms with Crippen LogP contribution in [0.2, 0.25) is 0 Å². The number of anilines is 1. The van der Waals surface area contributed by atoms with E-state index in [2.05, 4.69) is 39.1 Å². The Labute approximate surface area is 126 Å². The summed E-state index contributed by atoms with van der Waals surface area (Å²) in [7, 11) is 0. The second kappa shape index (κ2) is 5.55. The Balaban J connectivity index is 1.45. The van der Waals surface area contributed by atoms with E-state index in [1.165, 1.54) is 49.9 Å². The van der Waals surface area contributed by atoms with Crippen molar-refractivity contribution in [2.75, 3.05) is 5.32 Å². The zero-order valence-corrected chi connectivity index (χ0v) is 12.4. The second-order valence-corrected chi connectivity index (χ2v) is 6.63. The molecule has 110 valence electrons. The molecule has 0 aliphatic heterocycles. The molecular formula is C18H23N3. The molecule has 0 radical (unpaired) electrons. The molecular weight excluding hydrogens is 258 g/mol. The lowest BCUT2D eigenvalue weighted by molar-refractivity contribution is 0.303. The normalized spacial score (nSPS) is 25.7. The maximum atomic E-state index is 4.12. The van der Waals surface area contributed by atoms with Gasteiger partial charge in [0.05, 0.1) is 6.33 Å². The largest absolute Gasteiger partial charge is 0.382 e. The standard InChI is InChI=1S/C18H23N3/c1-3-15(14-7-8-14)11-16(4-1)20-17-5-2-6-18(12-17)21-10-9-19-13-21/h2,5-6,9-10,12-16,20H,1,3-4,7-8,11H2. The Hall–Kier alpha value is -1.77. The summed E-state index contributed by atoms with van der Waals surface area (Å²) in [5, 5.41) is 3.76.